The summed E-state index contributed by atoms with van der Waals surface area (Å²) in [6.45, 7) is 2.74. The van der Waals surface area contributed by atoms with Crippen LogP contribution in [0, 0.1) is 0 Å². The first-order chi connectivity index (χ1) is 15.4. The van der Waals surface area contributed by atoms with Crippen LogP contribution < -0.4 is 20.6 Å². The van der Waals surface area contributed by atoms with Gasteiger partial charge in [0, 0.05) is 42.0 Å². The lowest BCUT2D eigenvalue weighted by Crippen LogP contribution is -2.25. The van der Waals surface area contributed by atoms with Gasteiger partial charge in [-0.05, 0) is 49.2 Å². The molecule has 4 rings (SSSR count). The minimum atomic E-state index is -3.26. The third kappa shape index (κ3) is 4.70. The van der Waals surface area contributed by atoms with E-state index in [2.05, 4.69) is 10.6 Å². The van der Waals surface area contributed by atoms with Gasteiger partial charge in [0.25, 0.3) is 0 Å². The molecule has 3 aromatic rings. The van der Waals surface area contributed by atoms with E-state index in [1.54, 1.807) is 43.3 Å². The molecule has 1 aliphatic rings. The van der Waals surface area contributed by atoms with Crippen LogP contribution in [-0.2, 0) is 21.3 Å². The summed E-state index contributed by atoms with van der Waals surface area (Å²) in [6, 6.07) is 13.6. The fourth-order valence-electron chi connectivity index (χ4n) is 3.64. The Morgan fingerprint density at radius 1 is 1.16 bits per heavy atom. The van der Waals surface area contributed by atoms with Crippen LogP contribution in [0.4, 0.5) is 21.9 Å². The molecule has 2 N–H and O–H groups in total. The van der Waals surface area contributed by atoms with Gasteiger partial charge in [-0.25, -0.2) is 18.0 Å². The molecule has 0 saturated carbocycles. The van der Waals surface area contributed by atoms with Crippen molar-refractivity contribution in [3.8, 4) is 0 Å². The fraction of sp³-hybridized carbons (Fsp3) is 0.273. The maximum atomic E-state index is 12.2. The molecule has 1 amide bonds. The summed E-state index contributed by atoms with van der Waals surface area (Å²) in [5.74, 6) is 0.156. The Morgan fingerprint density at radius 3 is 2.75 bits per heavy atom. The molecule has 0 radical (unpaired) electrons. The van der Waals surface area contributed by atoms with Crippen LogP contribution in [0.3, 0.4) is 0 Å². The van der Waals surface area contributed by atoms with Gasteiger partial charge in [-0.3, -0.25) is 9.62 Å². The zero-order valence-corrected chi connectivity index (χ0v) is 18.3. The number of nitrogens with one attached hydrogen (secondary N) is 2. The molecule has 1 saturated heterocycles. The minimum absolute atomic E-state index is 0.156. The van der Waals surface area contributed by atoms with Crippen molar-refractivity contribution in [2.24, 2.45) is 0 Å². The number of sulfonamides is 1. The predicted molar refractivity (Wildman–Crippen MR) is 123 cm³/mol. The Kier molecular flexibility index (Phi) is 6.04. The highest BCUT2D eigenvalue weighted by Gasteiger charge is 2.28. The molecule has 1 fully saturated rings. The average Bonchev–Trinajstić information content (AvgIpc) is 3.11. The van der Waals surface area contributed by atoms with E-state index in [0.29, 0.717) is 47.4 Å². The first-order valence-electron chi connectivity index (χ1n) is 10.2. The van der Waals surface area contributed by atoms with Crippen molar-refractivity contribution in [3.63, 3.8) is 0 Å². The van der Waals surface area contributed by atoms with Crippen molar-refractivity contribution in [2.45, 2.75) is 19.9 Å². The SMILES string of the molecule is CCOC(=O)Nc1ccc2c(CNc3cccc(N4CCCS4(=O)=O)c3)cc(=O)oc2c1. The van der Waals surface area contributed by atoms with Gasteiger partial charge in [-0.1, -0.05) is 6.07 Å². The highest BCUT2D eigenvalue weighted by atomic mass is 32.2. The zero-order valence-electron chi connectivity index (χ0n) is 17.5. The van der Waals surface area contributed by atoms with E-state index < -0.39 is 21.7 Å². The Hall–Kier alpha value is -3.53. The molecular formula is C22H23N3O6S. The first-order valence-corrected chi connectivity index (χ1v) is 11.8. The summed E-state index contributed by atoms with van der Waals surface area (Å²) in [5, 5.41) is 6.53. The maximum Gasteiger partial charge on any atom is 0.411 e. The largest absolute Gasteiger partial charge is 0.450 e. The Balaban J connectivity index is 1.55. The van der Waals surface area contributed by atoms with Crippen molar-refractivity contribution in [1.82, 2.24) is 0 Å². The number of amides is 1. The summed E-state index contributed by atoms with van der Waals surface area (Å²) in [6.07, 6.45) is 0.0191. The number of nitrogens with zero attached hydrogens (tertiary/aromatic N) is 1. The summed E-state index contributed by atoms with van der Waals surface area (Å²) in [7, 11) is -3.26. The average molecular weight is 458 g/mol. The molecule has 9 nitrogen and oxygen atoms in total. The van der Waals surface area contributed by atoms with Gasteiger partial charge in [0.15, 0.2) is 0 Å². The smallest absolute Gasteiger partial charge is 0.411 e. The van der Waals surface area contributed by atoms with Gasteiger partial charge in [0.05, 0.1) is 18.0 Å². The molecule has 2 heterocycles. The van der Waals surface area contributed by atoms with Crippen molar-refractivity contribution < 1.29 is 22.4 Å². The van der Waals surface area contributed by atoms with Crippen molar-refractivity contribution in [1.29, 1.82) is 0 Å². The third-order valence-electron chi connectivity index (χ3n) is 5.07. The Morgan fingerprint density at radius 2 is 2.00 bits per heavy atom. The highest BCUT2D eigenvalue weighted by Crippen LogP contribution is 2.27. The molecule has 2 aromatic carbocycles. The molecule has 0 aliphatic carbocycles. The number of ether oxygens (including phenoxy) is 1. The lowest BCUT2D eigenvalue weighted by atomic mass is 10.1. The van der Waals surface area contributed by atoms with Gasteiger partial charge < -0.3 is 14.5 Å². The zero-order chi connectivity index (χ0) is 22.7. The number of carbonyl (C=O) groups is 1. The van der Waals surface area contributed by atoms with Gasteiger partial charge in [-0.2, -0.15) is 0 Å². The number of hydrogen-bond acceptors (Lipinski definition) is 7. The van der Waals surface area contributed by atoms with Crippen LogP contribution >= 0.6 is 0 Å². The van der Waals surface area contributed by atoms with E-state index in [-0.39, 0.29) is 12.4 Å². The van der Waals surface area contributed by atoms with Gasteiger partial charge >= 0.3 is 11.7 Å². The van der Waals surface area contributed by atoms with Crippen LogP contribution in [0.2, 0.25) is 0 Å². The molecule has 32 heavy (non-hydrogen) atoms. The maximum absolute atomic E-state index is 12.2. The summed E-state index contributed by atoms with van der Waals surface area (Å²) < 4.78 is 36.0. The molecule has 0 atom stereocenters. The van der Waals surface area contributed by atoms with E-state index in [1.807, 2.05) is 6.07 Å². The minimum Gasteiger partial charge on any atom is -0.450 e. The Labute approximate surface area is 185 Å². The molecule has 0 spiro atoms. The van der Waals surface area contributed by atoms with Gasteiger partial charge in [-0.15, -0.1) is 0 Å². The van der Waals surface area contributed by atoms with Crippen LogP contribution in [0.1, 0.15) is 18.9 Å². The van der Waals surface area contributed by atoms with Crippen molar-refractivity contribution in [3.05, 3.63) is 64.5 Å². The molecular weight excluding hydrogens is 434 g/mol. The first kappa shape index (κ1) is 21.7. The van der Waals surface area contributed by atoms with E-state index in [9.17, 15) is 18.0 Å². The Bertz CT molecular complexity index is 1320. The molecule has 1 aromatic heterocycles. The lowest BCUT2D eigenvalue weighted by Gasteiger charge is -2.18. The fourth-order valence-corrected chi connectivity index (χ4v) is 5.19. The molecule has 0 unspecified atom stereocenters. The molecule has 10 heteroatoms. The number of fused-ring (bicyclic) bond motifs is 1. The topological polar surface area (TPSA) is 118 Å². The molecule has 0 bridgehead atoms. The second-order valence-corrected chi connectivity index (χ2v) is 9.31. The number of rotatable bonds is 6. The van der Waals surface area contributed by atoms with E-state index in [0.717, 1.165) is 5.69 Å². The van der Waals surface area contributed by atoms with Crippen molar-refractivity contribution >= 4 is 44.1 Å². The summed E-state index contributed by atoms with van der Waals surface area (Å²) in [4.78, 5) is 23.7. The summed E-state index contributed by atoms with van der Waals surface area (Å²) >= 11 is 0. The van der Waals surface area contributed by atoms with Gasteiger partial charge in [0.1, 0.15) is 5.58 Å². The van der Waals surface area contributed by atoms with Crippen LogP contribution in [0.5, 0.6) is 0 Å². The van der Waals surface area contributed by atoms with E-state index in [1.165, 1.54) is 10.4 Å². The summed E-state index contributed by atoms with van der Waals surface area (Å²) in [5.41, 5.74) is 2.31. The van der Waals surface area contributed by atoms with Crippen LogP contribution in [0.25, 0.3) is 11.0 Å². The third-order valence-corrected chi connectivity index (χ3v) is 6.94. The second kappa shape index (κ2) is 8.91. The lowest BCUT2D eigenvalue weighted by molar-refractivity contribution is 0.168. The van der Waals surface area contributed by atoms with Crippen LogP contribution in [0.15, 0.2) is 57.7 Å². The predicted octanol–water partition coefficient (Wildman–Crippen LogP) is 3.51. The van der Waals surface area contributed by atoms with E-state index in [4.69, 9.17) is 9.15 Å². The normalized spacial score (nSPS) is 15.0. The number of benzene rings is 2. The second-order valence-electron chi connectivity index (χ2n) is 7.29. The quantitative estimate of drug-likeness (QED) is 0.544. The number of hydrogen-bond donors (Lipinski definition) is 2. The number of carbonyl (C=O) groups excluding carboxylic acids is 1. The molecule has 168 valence electrons. The highest BCUT2D eigenvalue weighted by molar-refractivity contribution is 7.93. The van der Waals surface area contributed by atoms with Crippen molar-refractivity contribution in [2.75, 3.05) is 33.8 Å². The monoisotopic (exact) mass is 457 g/mol. The standard InChI is InChI=1S/C22H23N3O6S/c1-2-30-22(27)24-17-7-8-19-15(11-21(26)31-20(19)13-17)14-23-16-5-3-6-18(12-16)25-9-4-10-32(25,28)29/h3,5-8,11-13,23H,2,4,9-10,14H2,1H3,(H,24,27). The van der Waals surface area contributed by atoms with Gasteiger partial charge in [0.2, 0.25) is 10.0 Å². The van der Waals surface area contributed by atoms with Crippen LogP contribution in [-0.4, -0.2) is 33.4 Å². The van der Waals surface area contributed by atoms with E-state index >= 15 is 0 Å². The molecule has 1 aliphatic heterocycles. The number of anilines is 3.